The molecular formula is C16H18N2O3. The van der Waals surface area contributed by atoms with Gasteiger partial charge in [-0.15, -0.1) is 0 Å². The summed E-state index contributed by atoms with van der Waals surface area (Å²) in [6, 6.07) is 10.7. The molecular weight excluding hydrogens is 268 g/mol. The zero-order valence-electron chi connectivity index (χ0n) is 12.1. The van der Waals surface area contributed by atoms with E-state index in [2.05, 4.69) is 5.32 Å². The summed E-state index contributed by atoms with van der Waals surface area (Å²) < 4.78 is 6.51. The third-order valence-corrected chi connectivity index (χ3v) is 3.22. The average molecular weight is 286 g/mol. The van der Waals surface area contributed by atoms with Crippen molar-refractivity contribution < 1.29 is 9.53 Å². The van der Waals surface area contributed by atoms with Crippen LogP contribution < -0.4 is 15.6 Å². The molecule has 21 heavy (non-hydrogen) atoms. The lowest BCUT2D eigenvalue weighted by molar-refractivity contribution is 0.0954. The van der Waals surface area contributed by atoms with Gasteiger partial charge >= 0.3 is 0 Å². The number of carbonyl (C=O) groups is 1. The molecule has 5 heteroatoms. The van der Waals surface area contributed by atoms with Gasteiger partial charge in [-0.05, 0) is 30.2 Å². The molecule has 110 valence electrons. The molecule has 2 rings (SSSR count). The topological polar surface area (TPSA) is 60.3 Å². The number of nitrogens with one attached hydrogen (secondary N) is 1. The Morgan fingerprint density at radius 2 is 1.95 bits per heavy atom. The van der Waals surface area contributed by atoms with Gasteiger partial charge in [0.25, 0.3) is 11.5 Å². The van der Waals surface area contributed by atoms with E-state index in [0.29, 0.717) is 12.1 Å². The van der Waals surface area contributed by atoms with Crippen molar-refractivity contribution in [3.63, 3.8) is 0 Å². The zero-order chi connectivity index (χ0) is 15.2. The van der Waals surface area contributed by atoms with Crippen LogP contribution in [0.5, 0.6) is 5.75 Å². The smallest absolute Gasteiger partial charge is 0.251 e. The van der Waals surface area contributed by atoms with Crippen molar-refractivity contribution in [1.82, 2.24) is 9.88 Å². The third kappa shape index (κ3) is 3.95. The molecule has 2 aromatic rings. The van der Waals surface area contributed by atoms with Crippen LogP contribution in [-0.2, 0) is 13.5 Å². The van der Waals surface area contributed by atoms with Crippen molar-refractivity contribution in [1.29, 1.82) is 0 Å². The molecule has 0 aliphatic heterocycles. The summed E-state index contributed by atoms with van der Waals surface area (Å²) >= 11 is 0. The molecule has 0 fully saturated rings. The Hall–Kier alpha value is -2.56. The number of nitrogens with zero attached hydrogens (tertiary/aromatic N) is 1. The number of aryl methyl sites for hydroxylation is 1. The van der Waals surface area contributed by atoms with E-state index in [4.69, 9.17) is 4.74 Å². The lowest BCUT2D eigenvalue weighted by atomic mass is 10.1. The standard InChI is InChI=1S/C16H18N2O3/c1-18-10-8-13(11-15(18)19)16(20)17-9-7-12-3-5-14(21-2)6-4-12/h3-6,8,10-11H,7,9H2,1-2H3,(H,17,20). The van der Waals surface area contributed by atoms with Gasteiger partial charge in [-0.25, -0.2) is 0 Å². The minimum absolute atomic E-state index is 0.196. The Bertz CT molecular complexity index is 675. The van der Waals surface area contributed by atoms with Crippen LogP contribution in [0.3, 0.4) is 0 Å². The van der Waals surface area contributed by atoms with Crippen molar-refractivity contribution >= 4 is 5.91 Å². The van der Waals surface area contributed by atoms with Crippen molar-refractivity contribution in [2.45, 2.75) is 6.42 Å². The lowest BCUT2D eigenvalue weighted by Crippen LogP contribution is -2.27. The van der Waals surface area contributed by atoms with E-state index in [1.165, 1.54) is 10.6 Å². The van der Waals surface area contributed by atoms with Crippen LogP contribution in [0.4, 0.5) is 0 Å². The fourth-order valence-electron chi connectivity index (χ4n) is 1.90. The van der Waals surface area contributed by atoms with Crippen LogP contribution in [0.2, 0.25) is 0 Å². The molecule has 0 saturated heterocycles. The molecule has 1 N–H and O–H groups in total. The van der Waals surface area contributed by atoms with Gasteiger partial charge < -0.3 is 14.6 Å². The highest BCUT2D eigenvalue weighted by molar-refractivity contribution is 5.93. The van der Waals surface area contributed by atoms with Gasteiger partial charge in [-0.2, -0.15) is 0 Å². The Labute approximate surface area is 123 Å². The molecule has 0 aliphatic carbocycles. The number of ether oxygens (including phenoxy) is 1. The fourth-order valence-corrected chi connectivity index (χ4v) is 1.90. The Balaban J connectivity index is 1.88. The summed E-state index contributed by atoms with van der Waals surface area (Å²) in [5, 5.41) is 2.80. The van der Waals surface area contributed by atoms with Crippen LogP contribution in [0.1, 0.15) is 15.9 Å². The second-order valence-corrected chi connectivity index (χ2v) is 4.72. The normalized spacial score (nSPS) is 10.2. The van der Waals surface area contributed by atoms with E-state index in [1.807, 2.05) is 24.3 Å². The highest BCUT2D eigenvalue weighted by Crippen LogP contribution is 2.11. The van der Waals surface area contributed by atoms with Gasteiger partial charge in [0.15, 0.2) is 0 Å². The number of aromatic nitrogens is 1. The van der Waals surface area contributed by atoms with Crippen molar-refractivity contribution in [3.8, 4) is 5.75 Å². The van der Waals surface area contributed by atoms with Crippen LogP contribution in [0, 0.1) is 0 Å². The highest BCUT2D eigenvalue weighted by Gasteiger charge is 2.06. The number of carbonyl (C=O) groups excluding carboxylic acids is 1. The predicted octanol–water partition coefficient (Wildman–Crippen LogP) is 1.37. The van der Waals surface area contributed by atoms with Crippen molar-refractivity contribution in [2.24, 2.45) is 7.05 Å². The number of methoxy groups -OCH3 is 1. The molecule has 5 nitrogen and oxygen atoms in total. The van der Waals surface area contributed by atoms with Gasteiger partial charge in [0, 0.05) is 31.4 Å². The molecule has 0 unspecified atom stereocenters. The summed E-state index contributed by atoms with van der Waals surface area (Å²) in [5.74, 6) is 0.573. The first kappa shape index (κ1) is 14.8. The number of rotatable bonds is 5. The first-order valence-electron chi connectivity index (χ1n) is 6.68. The maximum atomic E-state index is 11.9. The van der Waals surface area contributed by atoms with Crippen molar-refractivity contribution in [3.05, 3.63) is 64.1 Å². The number of pyridine rings is 1. The quantitative estimate of drug-likeness (QED) is 0.903. The maximum absolute atomic E-state index is 11.9. The van der Waals surface area contributed by atoms with E-state index in [-0.39, 0.29) is 11.5 Å². The van der Waals surface area contributed by atoms with Gasteiger partial charge in [0.05, 0.1) is 7.11 Å². The van der Waals surface area contributed by atoms with Crippen LogP contribution in [0.15, 0.2) is 47.4 Å². The highest BCUT2D eigenvalue weighted by atomic mass is 16.5. The Morgan fingerprint density at radius 1 is 1.24 bits per heavy atom. The molecule has 1 aromatic heterocycles. The van der Waals surface area contributed by atoms with E-state index < -0.39 is 0 Å². The minimum atomic E-state index is -0.235. The molecule has 0 radical (unpaired) electrons. The molecule has 1 heterocycles. The molecule has 0 aliphatic rings. The van der Waals surface area contributed by atoms with E-state index >= 15 is 0 Å². The van der Waals surface area contributed by atoms with E-state index in [0.717, 1.165) is 17.7 Å². The Kier molecular flexibility index (Phi) is 4.77. The van der Waals surface area contributed by atoms with Gasteiger partial charge in [-0.3, -0.25) is 9.59 Å². The van der Waals surface area contributed by atoms with Gasteiger partial charge in [-0.1, -0.05) is 12.1 Å². The molecule has 0 saturated carbocycles. The third-order valence-electron chi connectivity index (χ3n) is 3.22. The first-order chi connectivity index (χ1) is 10.1. The minimum Gasteiger partial charge on any atom is -0.497 e. The second kappa shape index (κ2) is 6.74. The predicted molar refractivity (Wildman–Crippen MR) is 80.7 cm³/mol. The lowest BCUT2D eigenvalue weighted by Gasteiger charge is -2.06. The molecule has 0 spiro atoms. The average Bonchev–Trinajstić information content (AvgIpc) is 2.50. The molecule has 0 bridgehead atoms. The molecule has 0 atom stereocenters. The Morgan fingerprint density at radius 3 is 2.57 bits per heavy atom. The molecule has 1 aromatic carbocycles. The maximum Gasteiger partial charge on any atom is 0.251 e. The van der Waals surface area contributed by atoms with Crippen LogP contribution in [-0.4, -0.2) is 24.1 Å². The monoisotopic (exact) mass is 286 g/mol. The summed E-state index contributed by atoms with van der Waals surface area (Å²) in [5.41, 5.74) is 1.30. The SMILES string of the molecule is COc1ccc(CCNC(=O)c2ccn(C)c(=O)c2)cc1. The number of benzene rings is 1. The van der Waals surface area contributed by atoms with Crippen molar-refractivity contribution in [2.75, 3.05) is 13.7 Å². The fraction of sp³-hybridized carbons (Fsp3) is 0.250. The summed E-state index contributed by atoms with van der Waals surface area (Å²) in [6.07, 6.45) is 2.31. The second-order valence-electron chi connectivity index (χ2n) is 4.72. The van der Waals surface area contributed by atoms with E-state index in [1.54, 1.807) is 26.4 Å². The summed E-state index contributed by atoms with van der Waals surface area (Å²) in [4.78, 5) is 23.4. The summed E-state index contributed by atoms with van der Waals surface area (Å²) in [6.45, 7) is 0.514. The van der Waals surface area contributed by atoms with Gasteiger partial charge in [0.2, 0.25) is 0 Å². The van der Waals surface area contributed by atoms with Crippen LogP contribution in [0.25, 0.3) is 0 Å². The number of hydrogen-bond donors (Lipinski definition) is 1. The zero-order valence-corrected chi connectivity index (χ0v) is 12.1. The van der Waals surface area contributed by atoms with Crippen LogP contribution >= 0.6 is 0 Å². The van der Waals surface area contributed by atoms with Gasteiger partial charge in [0.1, 0.15) is 5.75 Å². The molecule has 1 amide bonds. The summed E-state index contributed by atoms with van der Waals surface area (Å²) in [7, 11) is 3.27. The first-order valence-corrected chi connectivity index (χ1v) is 6.68. The van der Waals surface area contributed by atoms with E-state index in [9.17, 15) is 9.59 Å². The number of hydrogen-bond acceptors (Lipinski definition) is 3. The number of amides is 1. The largest absolute Gasteiger partial charge is 0.497 e.